The Morgan fingerprint density at radius 2 is 1.60 bits per heavy atom. The minimum absolute atomic E-state index is 0.251. The third-order valence-corrected chi connectivity index (χ3v) is 3.71. The van der Waals surface area contributed by atoms with Crippen molar-refractivity contribution in [2.45, 2.75) is 33.1 Å². The van der Waals surface area contributed by atoms with E-state index in [9.17, 15) is 14.4 Å². The Bertz CT molecular complexity index is 313. The van der Waals surface area contributed by atoms with Gasteiger partial charge >= 0.3 is 11.9 Å². The second-order valence-electron chi connectivity index (χ2n) is 3.90. The first-order valence-electron chi connectivity index (χ1n) is 4.89. The first-order chi connectivity index (χ1) is 6.89. The molecular formula is C10H14O5. The summed E-state index contributed by atoms with van der Waals surface area (Å²) in [7, 11) is 0. The summed E-state index contributed by atoms with van der Waals surface area (Å²) in [5.74, 6) is -3.06. The van der Waals surface area contributed by atoms with E-state index in [4.69, 9.17) is 10.2 Å². The molecule has 1 rings (SSSR count). The van der Waals surface area contributed by atoms with Crippen LogP contribution in [-0.4, -0.2) is 27.9 Å². The smallest absolute Gasteiger partial charge is 0.322 e. The van der Waals surface area contributed by atoms with Crippen LogP contribution in [0.15, 0.2) is 0 Å². The van der Waals surface area contributed by atoms with Gasteiger partial charge in [-0.1, -0.05) is 13.8 Å². The number of carboxylic acids is 2. The van der Waals surface area contributed by atoms with Crippen molar-refractivity contribution in [3.63, 3.8) is 0 Å². The Morgan fingerprint density at radius 3 is 1.73 bits per heavy atom. The molecule has 0 atom stereocenters. The Morgan fingerprint density at radius 1 is 1.20 bits per heavy atom. The third-order valence-electron chi connectivity index (χ3n) is 3.71. The van der Waals surface area contributed by atoms with E-state index in [2.05, 4.69) is 0 Å². The van der Waals surface area contributed by atoms with Crippen molar-refractivity contribution in [2.24, 2.45) is 10.8 Å². The van der Waals surface area contributed by atoms with E-state index in [-0.39, 0.29) is 25.0 Å². The van der Waals surface area contributed by atoms with E-state index in [1.807, 2.05) is 0 Å². The molecule has 0 radical (unpaired) electrons. The Labute approximate surface area is 87.1 Å². The first-order valence-corrected chi connectivity index (χ1v) is 4.89. The molecule has 0 aromatic rings. The summed E-state index contributed by atoms with van der Waals surface area (Å²) in [5, 5.41) is 18.1. The molecule has 0 bridgehead atoms. The van der Waals surface area contributed by atoms with Gasteiger partial charge in [0.05, 0.1) is 5.41 Å². The molecule has 1 aliphatic carbocycles. The molecule has 0 amide bonds. The topological polar surface area (TPSA) is 91.7 Å². The SMILES string of the molecule is CCC1(CC)C(=O)CC1(C(=O)O)C(=O)O. The number of carboxylic acid groups (broad SMARTS) is 2. The van der Waals surface area contributed by atoms with Gasteiger partial charge in [-0.25, -0.2) is 0 Å². The highest BCUT2D eigenvalue weighted by Crippen LogP contribution is 2.58. The fourth-order valence-corrected chi connectivity index (χ4v) is 2.61. The monoisotopic (exact) mass is 214 g/mol. The van der Waals surface area contributed by atoms with E-state index in [0.717, 1.165) is 0 Å². The van der Waals surface area contributed by atoms with E-state index in [1.54, 1.807) is 13.8 Å². The number of carbonyl (C=O) groups excluding carboxylic acids is 1. The molecule has 5 nitrogen and oxygen atoms in total. The zero-order valence-electron chi connectivity index (χ0n) is 8.74. The molecule has 0 aliphatic heterocycles. The van der Waals surface area contributed by atoms with Gasteiger partial charge in [0.15, 0.2) is 5.41 Å². The maximum atomic E-state index is 11.5. The van der Waals surface area contributed by atoms with Gasteiger partial charge in [0.1, 0.15) is 5.78 Å². The molecule has 1 saturated carbocycles. The molecule has 0 saturated heterocycles. The lowest BCUT2D eigenvalue weighted by Crippen LogP contribution is -2.66. The van der Waals surface area contributed by atoms with Crippen LogP contribution in [0.2, 0.25) is 0 Å². The van der Waals surface area contributed by atoms with Crippen LogP contribution in [0.25, 0.3) is 0 Å². The Hall–Kier alpha value is -1.39. The third kappa shape index (κ3) is 1.06. The molecule has 1 fully saturated rings. The van der Waals surface area contributed by atoms with Crippen LogP contribution in [0.5, 0.6) is 0 Å². The predicted octanol–water partition coefficient (Wildman–Crippen LogP) is 0.921. The molecule has 0 unspecified atom stereocenters. The number of rotatable bonds is 4. The quantitative estimate of drug-likeness (QED) is 0.679. The summed E-state index contributed by atoms with van der Waals surface area (Å²) in [6.07, 6.45) is 0.112. The highest BCUT2D eigenvalue weighted by molar-refractivity contribution is 6.14. The summed E-state index contributed by atoms with van der Waals surface area (Å²) in [5.41, 5.74) is -3.13. The molecular weight excluding hydrogens is 200 g/mol. The van der Waals surface area contributed by atoms with Gasteiger partial charge in [0.2, 0.25) is 0 Å². The normalized spacial score (nSPS) is 21.9. The first kappa shape index (κ1) is 11.7. The average Bonchev–Trinajstić information content (AvgIpc) is 2.14. The fraction of sp³-hybridized carbons (Fsp3) is 0.700. The van der Waals surface area contributed by atoms with Crippen LogP contribution >= 0.6 is 0 Å². The molecule has 84 valence electrons. The molecule has 1 aliphatic rings. The van der Waals surface area contributed by atoms with Crippen LogP contribution in [0.1, 0.15) is 33.1 Å². The molecule has 0 heterocycles. The molecule has 0 aromatic carbocycles. The van der Waals surface area contributed by atoms with Crippen molar-refractivity contribution in [2.75, 3.05) is 0 Å². The van der Waals surface area contributed by atoms with Crippen molar-refractivity contribution >= 4 is 17.7 Å². The predicted molar refractivity (Wildman–Crippen MR) is 50.3 cm³/mol. The maximum Gasteiger partial charge on any atom is 0.322 e. The zero-order chi connectivity index (χ0) is 11.9. The molecule has 0 aromatic heterocycles. The summed E-state index contributed by atoms with van der Waals surface area (Å²) in [4.78, 5) is 33.7. The van der Waals surface area contributed by atoms with Crippen LogP contribution in [0, 0.1) is 10.8 Å². The van der Waals surface area contributed by atoms with E-state index < -0.39 is 22.8 Å². The number of hydrogen-bond acceptors (Lipinski definition) is 3. The second kappa shape index (κ2) is 3.32. The van der Waals surface area contributed by atoms with Crippen LogP contribution in [-0.2, 0) is 14.4 Å². The van der Waals surface area contributed by atoms with Gasteiger partial charge in [-0.15, -0.1) is 0 Å². The number of carbonyl (C=O) groups is 3. The maximum absolute atomic E-state index is 11.5. The Balaban J connectivity index is 3.29. The summed E-state index contributed by atoms with van der Waals surface area (Å²) in [6, 6.07) is 0. The van der Waals surface area contributed by atoms with Gasteiger partial charge < -0.3 is 10.2 Å². The number of ketones is 1. The van der Waals surface area contributed by atoms with Crippen LogP contribution in [0.4, 0.5) is 0 Å². The molecule has 0 spiro atoms. The average molecular weight is 214 g/mol. The van der Waals surface area contributed by atoms with E-state index in [0.29, 0.717) is 0 Å². The summed E-state index contributed by atoms with van der Waals surface area (Å²) >= 11 is 0. The minimum atomic E-state index is -1.91. The van der Waals surface area contributed by atoms with Crippen molar-refractivity contribution < 1.29 is 24.6 Å². The van der Waals surface area contributed by atoms with Gasteiger partial charge in [0.25, 0.3) is 0 Å². The van der Waals surface area contributed by atoms with Gasteiger partial charge in [-0.3, -0.25) is 14.4 Å². The van der Waals surface area contributed by atoms with E-state index in [1.165, 1.54) is 0 Å². The lowest BCUT2D eigenvalue weighted by Gasteiger charge is -2.51. The van der Waals surface area contributed by atoms with Crippen LogP contribution in [0.3, 0.4) is 0 Å². The molecule has 5 heteroatoms. The minimum Gasteiger partial charge on any atom is -0.480 e. The highest BCUT2D eigenvalue weighted by atomic mass is 16.4. The van der Waals surface area contributed by atoms with Gasteiger partial charge in [-0.05, 0) is 12.8 Å². The number of Topliss-reactive ketones (excluding diaryl/α,β-unsaturated/α-hetero) is 1. The summed E-state index contributed by atoms with van der Waals surface area (Å²) in [6.45, 7) is 3.31. The molecule has 2 N–H and O–H groups in total. The highest BCUT2D eigenvalue weighted by Gasteiger charge is 2.72. The van der Waals surface area contributed by atoms with E-state index >= 15 is 0 Å². The van der Waals surface area contributed by atoms with Crippen molar-refractivity contribution in [1.82, 2.24) is 0 Å². The lowest BCUT2D eigenvalue weighted by molar-refractivity contribution is -0.196. The van der Waals surface area contributed by atoms with Crippen molar-refractivity contribution in [3.8, 4) is 0 Å². The fourth-order valence-electron chi connectivity index (χ4n) is 2.61. The Kier molecular flexibility index (Phi) is 2.59. The van der Waals surface area contributed by atoms with Gasteiger partial charge in [-0.2, -0.15) is 0 Å². The second-order valence-corrected chi connectivity index (χ2v) is 3.90. The standard InChI is InChI=1S/C10H14O5/c1-3-9(4-2)6(11)5-10(9,7(12)13)8(14)15/h3-5H2,1-2H3,(H,12,13)(H,14,15). The summed E-state index contributed by atoms with van der Waals surface area (Å²) < 4.78 is 0. The van der Waals surface area contributed by atoms with Gasteiger partial charge in [0, 0.05) is 6.42 Å². The van der Waals surface area contributed by atoms with Crippen LogP contribution < -0.4 is 0 Å². The lowest BCUT2D eigenvalue weighted by atomic mass is 9.46. The molecule has 15 heavy (non-hydrogen) atoms. The van der Waals surface area contributed by atoms with Crippen molar-refractivity contribution in [1.29, 1.82) is 0 Å². The number of aliphatic carboxylic acids is 2. The van der Waals surface area contributed by atoms with Crippen molar-refractivity contribution in [3.05, 3.63) is 0 Å². The largest absolute Gasteiger partial charge is 0.480 e. The number of hydrogen-bond donors (Lipinski definition) is 2. The zero-order valence-corrected chi connectivity index (χ0v) is 8.74.